The number of hydrogen-bond donors (Lipinski definition) is 1. The molecule has 2 aromatic rings. The van der Waals surface area contributed by atoms with E-state index in [-0.39, 0.29) is 0 Å². The van der Waals surface area contributed by atoms with Crippen molar-refractivity contribution in [2.45, 2.75) is 25.8 Å². The number of aryl methyl sites for hydroxylation is 2. The summed E-state index contributed by atoms with van der Waals surface area (Å²) in [7, 11) is 4.09. The van der Waals surface area contributed by atoms with Crippen molar-refractivity contribution in [1.29, 1.82) is 0 Å². The van der Waals surface area contributed by atoms with Crippen molar-refractivity contribution < 1.29 is 0 Å². The number of rotatable bonds is 3. The Labute approximate surface area is 128 Å². The Morgan fingerprint density at radius 3 is 2.80 bits per heavy atom. The highest BCUT2D eigenvalue weighted by molar-refractivity contribution is 9.10. The molecule has 2 unspecified atom stereocenters. The summed E-state index contributed by atoms with van der Waals surface area (Å²) in [5.74, 6) is 0.587. The summed E-state index contributed by atoms with van der Waals surface area (Å²) in [6.45, 7) is 2.05. The lowest BCUT2D eigenvalue weighted by molar-refractivity contribution is 0.401. The monoisotopic (exact) mass is 333 g/mol. The predicted molar refractivity (Wildman–Crippen MR) is 84.8 cm³/mol. The van der Waals surface area contributed by atoms with Crippen LogP contribution in [0, 0.1) is 12.8 Å². The molecule has 1 aliphatic rings. The molecule has 0 spiro atoms. The van der Waals surface area contributed by atoms with Gasteiger partial charge in [-0.15, -0.1) is 0 Å². The van der Waals surface area contributed by atoms with Gasteiger partial charge in [0.25, 0.3) is 0 Å². The van der Waals surface area contributed by atoms with Crippen molar-refractivity contribution in [2.24, 2.45) is 13.0 Å². The number of nitrogens with one attached hydrogen (secondary N) is 1. The number of halogens is 1. The van der Waals surface area contributed by atoms with E-state index in [9.17, 15) is 0 Å². The fourth-order valence-corrected chi connectivity index (χ4v) is 3.91. The van der Waals surface area contributed by atoms with Gasteiger partial charge in [0, 0.05) is 13.1 Å². The highest BCUT2D eigenvalue weighted by atomic mass is 79.9. The molecule has 2 atom stereocenters. The molecule has 0 radical (unpaired) electrons. The van der Waals surface area contributed by atoms with Gasteiger partial charge < -0.3 is 5.32 Å². The van der Waals surface area contributed by atoms with Gasteiger partial charge in [-0.2, -0.15) is 5.10 Å². The van der Waals surface area contributed by atoms with Gasteiger partial charge in [0.05, 0.1) is 15.9 Å². The molecule has 0 aliphatic heterocycles. The molecule has 0 saturated heterocycles. The van der Waals surface area contributed by atoms with Gasteiger partial charge in [-0.1, -0.05) is 24.3 Å². The first-order chi connectivity index (χ1) is 9.61. The van der Waals surface area contributed by atoms with E-state index in [1.54, 1.807) is 0 Å². The third-order valence-electron chi connectivity index (χ3n) is 4.37. The smallest absolute Gasteiger partial charge is 0.0738 e. The van der Waals surface area contributed by atoms with E-state index in [0.717, 1.165) is 23.0 Å². The second kappa shape index (κ2) is 5.34. The minimum Gasteiger partial charge on any atom is -0.313 e. The number of fused-ring (bicyclic) bond motifs is 1. The maximum Gasteiger partial charge on any atom is 0.0738 e. The van der Waals surface area contributed by atoms with Crippen LogP contribution >= 0.6 is 15.9 Å². The molecule has 3 rings (SSSR count). The molecule has 0 bridgehead atoms. The Balaban J connectivity index is 1.89. The summed E-state index contributed by atoms with van der Waals surface area (Å²) in [5, 5.41) is 7.99. The van der Waals surface area contributed by atoms with Crippen LogP contribution in [0.15, 0.2) is 28.7 Å². The fourth-order valence-electron chi connectivity index (χ4n) is 3.41. The number of benzene rings is 1. The molecule has 0 fully saturated rings. The van der Waals surface area contributed by atoms with E-state index >= 15 is 0 Å². The zero-order valence-corrected chi connectivity index (χ0v) is 13.7. The minimum absolute atomic E-state index is 0.438. The quantitative estimate of drug-likeness (QED) is 0.934. The summed E-state index contributed by atoms with van der Waals surface area (Å²) in [4.78, 5) is 0. The Kier molecular flexibility index (Phi) is 3.69. The number of nitrogens with zero attached hydrogens (tertiary/aromatic N) is 2. The van der Waals surface area contributed by atoms with Crippen molar-refractivity contribution in [1.82, 2.24) is 15.1 Å². The Morgan fingerprint density at radius 2 is 2.15 bits per heavy atom. The highest BCUT2D eigenvalue weighted by Gasteiger charge is 2.32. The lowest BCUT2D eigenvalue weighted by Gasteiger charge is -2.20. The van der Waals surface area contributed by atoms with Crippen LogP contribution in [-0.4, -0.2) is 16.8 Å². The molecular weight excluding hydrogens is 314 g/mol. The maximum absolute atomic E-state index is 4.50. The number of aromatic nitrogens is 2. The minimum atomic E-state index is 0.438. The number of hydrogen-bond acceptors (Lipinski definition) is 2. The first kappa shape index (κ1) is 13.8. The van der Waals surface area contributed by atoms with Gasteiger partial charge in [0.15, 0.2) is 0 Å². The topological polar surface area (TPSA) is 29.9 Å². The molecule has 1 heterocycles. The molecule has 3 nitrogen and oxygen atoms in total. The van der Waals surface area contributed by atoms with E-state index in [0.29, 0.717) is 12.0 Å². The first-order valence-corrected chi connectivity index (χ1v) is 7.84. The lowest BCUT2D eigenvalue weighted by atomic mass is 9.95. The molecule has 0 saturated carbocycles. The van der Waals surface area contributed by atoms with E-state index in [1.807, 2.05) is 18.7 Å². The summed E-state index contributed by atoms with van der Waals surface area (Å²) < 4.78 is 3.17. The van der Waals surface area contributed by atoms with Crippen molar-refractivity contribution in [2.75, 3.05) is 7.05 Å². The van der Waals surface area contributed by atoms with Crippen LogP contribution in [0.4, 0.5) is 0 Å². The van der Waals surface area contributed by atoms with Crippen LogP contribution in [0.2, 0.25) is 0 Å². The van der Waals surface area contributed by atoms with Crippen LogP contribution in [0.3, 0.4) is 0 Å². The Bertz CT molecular complexity index is 633. The van der Waals surface area contributed by atoms with Gasteiger partial charge in [0.1, 0.15) is 0 Å². The van der Waals surface area contributed by atoms with E-state index in [2.05, 4.69) is 57.7 Å². The fraction of sp³-hybridized carbons (Fsp3) is 0.438. The molecule has 1 aromatic carbocycles. The SMILES string of the molecule is CNC1c2ccccc2CC1Cc1c(Br)c(C)nn1C. The zero-order valence-electron chi connectivity index (χ0n) is 12.2. The largest absolute Gasteiger partial charge is 0.313 e. The third kappa shape index (κ3) is 2.21. The van der Waals surface area contributed by atoms with Crippen LogP contribution in [-0.2, 0) is 19.9 Å². The van der Waals surface area contributed by atoms with Crippen LogP contribution in [0.5, 0.6) is 0 Å². The van der Waals surface area contributed by atoms with E-state index in [1.165, 1.54) is 16.8 Å². The molecule has 106 valence electrons. The Hall–Kier alpha value is -1.13. The van der Waals surface area contributed by atoms with Crippen molar-refractivity contribution >= 4 is 15.9 Å². The molecule has 0 amide bonds. The molecule has 4 heteroatoms. The summed E-state index contributed by atoms with van der Waals surface area (Å²) in [6.07, 6.45) is 2.18. The zero-order chi connectivity index (χ0) is 14.3. The van der Waals surface area contributed by atoms with Crippen molar-refractivity contribution in [3.8, 4) is 0 Å². The van der Waals surface area contributed by atoms with E-state index < -0.39 is 0 Å². The maximum atomic E-state index is 4.50. The predicted octanol–water partition coefficient (Wildman–Crippen LogP) is 3.17. The normalized spacial score (nSPS) is 21.2. The van der Waals surface area contributed by atoms with Gasteiger partial charge in [-0.25, -0.2) is 0 Å². The molecule has 1 aliphatic carbocycles. The highest BCUT2D eigenvalue weighted by Crippen LogP contribution is 2.38. The van der Waals surface area contributed by atoms with Gasteiger partial charge in [-0.05, 0) is 59.8 Å². The average Bonchev–Trinajstić information content (AvgIpc) is 2.91. The lowest BCUT2D eigenvalue weighted by Crippen LogP contribution is -2.24. The van der Waals surface area contributed by atoms with Crippen molar-refractivity contribution in [3.05, 3.63) is 51.3 Å². The van der Waals surface area contributed by atoms with Crippen molar-refractivity contribution in [3.63, 3.8) is 0 Å². The average molecular weight is 334 g/mol. The van der Waals surface area contributed by atoms with Crippen LogP contribution in [0.25, 0.3) is 0 Å². The second-order valence-electron chi connectivity index (χ2n) is 5.60. The van der Waals surface area contributed by atoms with Gasteiger partial charge >= 0.3 is 0 Å². The van der Waals surface area contributed by atoms with E-state index in [4.69, 9.17) is 0 Å². The summed E-state index contributed by atoms with van der Waals surface area (Å²) in [5.41, 5.74) is 5.29. The summed E-state index contributed by atoms with van der Waals surface area (Å²) in [6, 6.07) is 9.21. The van der Waals surface area contributed by atoms with Gasteiger partial charge in [0.2, 0.25) is 0 Å². The molecule has 1 N–H and O–H groups in total. The summed E-state index contributed by atoms with van der Waals surface area (Å²) >= 11 is 3.68. The molecule has 20 heavy (non-hydrogen) atoms. The van der Waals surface area contributed by atoms with Gasteiger partial charge in [-0.3, -0.25) is 4.68 Å². The standard InChI is InChI=1S/C16H20BrN3/c1-10-15(17)14(20(3)19-10)9-12-8-11-6-4-5-7-13(11)16(12)18-2/h4-7,12,16,18H,8-9H2,1-3H3. The molecule has 1 aromatic heterocycles. The second-order valence-corrected chi connectivity index (χ2v) is 6.40. The molecular formula is C16H20BrN3. The van der Waals surface area contributed by atoms with Crippen LogP contribution < -0.4 is 5.32 Å². The first-order valence-electron chi connectivity index (χ1n) is 7.05. The Morgan fingerprint density at radius 1 is 1.40 bits per heavy atom. The third-order valence-corrected chi connectivity index (χ3v) is 5.40. The van der Waals surface area contributed by atoms with Crippen LogP contribution in [0.1, 0.15) is 28.6 Å².